The van der Waals surface area contributed by atoms with Crippen molar-refractivity contribution in [2.24, 2.45) is 5.73 Å². The normalized spacial score (nSPS) is 23.4. The van der Waals surface area contributed by atoms with E-state index >= 15 is 0 Å². The van der Waals surface area contributed by atoms with Crippen molar-refractivity contribution >= 4 is 11.6 Å². The fourth-order valence-corrected chi connectivity index (χ4v) is 2.82. The fourth-order valence-electron chi connectivity index (χ4n) is 2.69. The molecule has 2 heterocycles. The minimum absolute atomic E-state index is 0.309. The van der Waals surface area contributed by atoms with E-state index in [0.717, 1.165) is 24.9 Å². The first kappa shape index (κ1) is 14.5. The van der Waals surface area contributed by atoms with Crippen molar-refractivity contribution < 1.29 is 4.42 Å². The number of halogens is 1. The van der Waals surface area contributed by atoms with Crippen LogP contribution in [0.1, 0.15) is 25.7 Å². The largest absolute Gasteiger partial charge is 0.419 e. The van der Waals surface area contributed by atoms with Gasteiger partial charge in [-0.2, -0.15) is 0 Å². The van der Waals surface area contributed by atoms with Crippen LogP contribution in [-0.2, 0) is 6.54 Å². The molecule has 6 heteroatoms. The van der Waals surface area contributed by atoms with Gasteiger partial charge in [0.15, 0.2) is 0 Å². The van der Waals surface area contributed by atoms with Crippen molar-refractivity contribution in [2.75, 3.05) is 6.54 Å². The number of rotatable bonds is 3. The fraction of sp³-hybridized carbons (Fsp3) is 0.467. The van der Waals surface area contributed by atoms with E-state index in [-0.39, 0.29) is 0 Å². The van der Waals surface area contributed by atoms with Gasteiger partial charge in [0, 0.05) is 29.2 Å². The second-order valence-corrected chi connectivity index (χ2v) is 6.05. The van der Waals surface area contributed by atoms with Crippen LogP contribution in [0.15, 0.2) is 28.7 Å². The number of aromatic nitrogens is 2. The maximum Gasteiger partial charge on any atom is 0.247 e. The molecule has 0 aliphatic carbocycles. The second-order valence-electron chi connectivity index (χ2n) is 5.61. The first-order valence-electron chi connectivity index (χ1n) is 7.20. The highest BCUT2D eigenvalue weighted by Gasteiger charge is 2.24. The number of hydrogen-bond donors (Lipinski definition) is 1. The minimum atomic E-state index is 0.309. The van der Waals surface area contributed by atoms with Crippen LogP contribution in [0, 0.1) is 0 Å². The van der Waals surface area contributed by atoms with Crippen LogP contribution in [0.4, 0.5) is 0 Å². The van der Waals surface area contributed by atoms with Crippen LogP contribution in [0.25, 0.3) is 11.5 Å². The van der Waals surface area contributed by atoms with Crippen LogP contribution in [0.5, 0.6) is 0 Å². The molecular formula is C15H19ClN4O. The van der Waals surface area contributed by atoms with Gasteiger partial charge in [0.05, 0.1) is 6.54 Å². The van der Waals surface area contributed by atoms with Crippen molar-refractivity contribution in [2.45, 2.75) is 38.4 Å². The van der Waals surface area contributed by atoms with E-state index < -0.39 is 0 Å². The van der Waals surface area contributed by atoms with Gasteiger partial charge in [-0.05, 0) is 44.0 Å². The van der Waals surface area contributed by atoms with Crippen LogP contribution < -0.4 is 5.73 Å². The lowest BCUT2D eigenvalue weighted by atomic mass is 9.99. The third-order valence-electron chi connectivity index (χ3n) is 3.95. The number of benzene rings is 1. The summed E-state index contributed by atoms with van der Waals surface area (Å²) in [5, 5.41) is 8.94. The Bertz CT molecular complexity index is 598. The molecule has 1 aromatic heterocycles. The average Bonchev–Trinajstić information content (AvgIpc) is 2.91. The first-order chi connectivity index (χ1) is 10.1. The molecule has 5 nitrogen and oxygen atoms in total. The molecule has 0 spiro atoms. The van der Waals surface area contributed by atoms with Gasteiger partial charge < -0.3 is 10.2 Å². The van der Waals surface area contributed by atoms with Gasteiger partial charge in [0.2, 0.25) is 11.8 Å². The lowest BCUT2D eigenvalue weighted by Gasteiger charge is -2.35. The van der Waals surface area contributed by atoms with Gasteiger partial charge in [-0.25, -0.2) is 0 Å². The summed E-state index contributed by atoms with van der Waals surface area (Å²) in [6.45, 7) is 3.84. The van der Waals surface area contributed by atoms with Gasteiger partial charge in [0.25, 0.3) is 0 Å². The highest BCUT2D eigenvalue weighted by molar-refractivity contribution is 6.30. The van der Waals surface area contributed by atoms with E-state index in [2.05, 4.69) is 22.0 Å². The molecular weight excluding hydrogens is 288 g/mol. The second kappa shape index (κ2) is 6.13. The number of nitrogens with two attached hydrogens (primary N) is 1. The van der Waals surface area contributed by atoms with Gasteiger partial charge in [-0.1, -0.05) is 11.6 Å². The molecule has 112 valence electrons. The zero-order valence-electron chi connectivity index (χ0n) is 12.0. The molecule has 2 unspecified atom stereocenters. The Hall–Kier alpha value is -1.43. The predicted molar refractivity (Wildman–Crippen MR) is 81.8 cm³/mol. The predicted octanol–water partition coefficient (Wildman–Crippen LogP) is 2.70. The van der Waals surface area contributed by atoms with Crippen molar-refractivity contribution in [1.29, 1.82) is 0 Å². The topological polar surface area (TPSA) is 68.2 Å². The molecule has 1 aromatic carbocycles. The number of hydrogen-bond acceptors (Lipinski definition) is 5. The molecule has 2 atom stereocenters. The van der Waals surface area contributed by atoms with Crippen molar-refractivity contribution in [3.05, 3.63) is 35.2 Å². The van der Waals surface area contributed by atoms with E-state index in [9.17, 15) is 0 Å². The standard InChI is InChI=1S/C15H19ClN4O/c1-10-8-13(17)6-7-20(10)9-14-18-19-15(21-14)11-2-4-12(16)5-3-11/h2-5,10,13H,6-9,17H2,1H3. The molecule has 0 radical (unpaired) electrons. The Morgan fingerprint density at radius 3 is 2.81 bits per heavy atom. The smallest absolute Gasteiger partial charge is 0.247 e. The third kappa shape index (κ3) is 3.43. The van der Waals surface area contributed by atoms with Gasteiger partial charge >= 0.3 is 0 Å². The Morgan fingerprint density at radius 1 is 1.33 bits per heavy atom. The molecule has 2 aromatic rings. The molecule has 2 N–H and O–H groups in total. The molecule has 0 saturated carbocycles. The number of nitrogens with zero attached hydrogens (tertiary/aromatic N) is 3. The summed E-state index contributed by atoms with van der Waals surface area (Å²) in [6.07, 6.45) is 2.03. The summed E-state index contributed by atoms with van der Waals surface area (Å²) in [5.41, 5.74) is 6.87. The van der Waals surface area contributed by atoms with Gasteiger partial charge in [0.1, 0.15) is 0 Å². The summed E-state index contributed by atoms with van der Waals surface area (Å²) in [6, 6.07) is 8.14. The zero-order chi connectivity index (χ0) is 14.8. The van der Waals surface area contributed by atoms with Crippen molar-refractivity contribution in [1.82, 2.24) is 15.1 Å². The lowest BCUT2D eigenvalue weighted by Crippen LogP contribution is -2.45. The Kier molecular flexibility index (Phi) is 4.24. The van der Waals surface area contributed by atoms with Crippen molar-refractivity contribution in [3.63, 3.8) is 0 Å². The molecule has 1 saturated heterocycles. The lowest BCUT2D eigenvalue weighted by molar-refractivity contribution is 0.128. The maximum absolute atomic E-state index is 5.98. The number of likely N-dealkylation sites (tertiary alicyclic amines) is 1. The summed E-state index contributed by atoms with van der Waals surface area (Å²) in [4.78, 5) is 2.34. The van der Waals surface area contributed by atoms with Gasteiger partial charge in [-0.3, -0.25) is 4.90 Å². The first-order valence-corrected chi connectivity index (χ1v) is 7.57. The average molecular weight is 307 g/mol. The molecule has 1 fully saturated rings. The summed E-state index contributed by atoms with van der Waals surface area (Å²) in [5.74, 6) is 1.17. The van der Waals surface area contributed by atoms with Crippen LogP contribution in [0.2, 0.25) is 5.02 Å². The van der Waals surface area contributed by atoms with E-state index in [1.54, 1.807) is 0 Å². The maximum atomic E-state index is 5.98. The third-order valence-corrected chi connectivity index (χ3v) is 4.20. The molecule has 21 heavy (non-hydrogen) atoms. The van der Waals surface area contributed by atoms with Gasteiger partial charge in [-0.15, -0.1) is 10.2 Å². The Labute approximate surface area is 129 Å². The summed E-state index contributed by atoms with van der Waals surface area (Å²) in [7, 11) is 0. The summed E-state index contributed by atoms with van der Waals surface area (Å²) >= 11 is 5.88. The van der Waals surface area contributed by atoms with E-state index in [1.165, 1.54) is 0 Å². The van der Waals surface area contributed by atoms with E-state index in [1.807, 2.05) is 24.3 Å². The molecule has 0 bridgehead atoms. The molecule has 3 rings (SSSR count). The Morgan fingerprint density at radius 2 is 2.10 bits per heavy atom. The Balaban J connectivity index is 1.69. The van der Waals surface area contributed by atoms with Crippen molar-refractivity contribution in [3.8, 4) is 11.5 Å². The highest BCUT2D eigenvalue weighted by atomic mass is 35.5. The zero-order valence-corrected chi connectivity index (χ0v) is 12.8. The molecule has 1 aliphatic rings. The molecule has 1 aliphatic heterocycles. The van der Waals surface area contributed by atoms with Crippen LogP contribution in [0.3, 0.4) is 0 Å². The number of piperidine rings is 1. The monoisotopic (exact) mass is 306 g/mol. The SMILES string of the molecule is CC1CC(N)CCN1Cc1nnc(-c2ccc(Cl)cc2)o1. The minimum Gasteiger partial charge on any atom is -0.419 e. The highest BCUT2D eigenvalue weighted by Crippen LogP contribution is 2.22. The summed E-state index contributed by atoms with van der Waals surface area (Å²) < 4.78 is 5.75. The van der Waals surface area contributed by atoms with E-state index in [0.29, 0.717) is 35.4 Å². The van der Waals surface area contributed by atoms with Crippen LogP contribution >= 0.6 is 11.6 Å². The molecule has 0 amide bonds. The van der Waals surface area contributed by atoms with E-state index in [4.69, 9.17) is 21.8 Å². The quantitative estimate of drug-likeness (QED) is 0.944. The van der Waals surface area contributed by atoms with Crippen LogP contribution in [-0.4, -0.2) is 33.7 Å².